The molecule has 0 saturated heterocycles. The van der Waals surface area contributed by atoms with Crippen molar-refractivity contribution >= 4 is 5.97 Å². The van der Waals surface area contributed by atoms with E-state index in [2.05, 4.69) is 4.74 Å². The number of ether oxygens (including phenoxy) is 1. The third kappa shape index (κ3) is 3.78. The topological polar surface area (TPSA) is 66.8 Å². The summed E-state index contributed by atoms with van der Waals surface area (Å²) in [7, 11) is 0. The fourth-order valence-corrected chi connectivity index (χ4v) is 1.18. The molecule has 4 nitrogen and oxygen atoms in total. The lowest BCUT2D eigenvalue weighted by Gasteiger charge is -2.18. The predicted molar refractivity (Wildman–Crippen MR) is 50.7 cm³/mol. The quantitative estimate of drug-likeness (QED) is 0.834. The predicted octanol–water partition coefficient (Wildman–Crippen LogP) is 2.34. The molecular formula is C10H7F5O4. The van der Waals surface area contributed by atoms with Gasteiger partial charge in [-0.25, -0.2) is 4.79 Å². The van der Waals surface area contributed by atoms with Crippen molar-refractivity contribution < 1.29 is 41.7 Å². The highest BCUT2D eigenvalue weighted by molar-refractivity contribution is 5.76. The SMILES string of the molecule is O=C(O)C(F)(F)C(O)c1ccc(OC(F)(F)F)cc1. The normalized spacial score (nSPS) is 14.0. The van der Waals surface area contributed by atoms with E-state index in [0.717, 1.165) is 0 Å². The van der Waals surface area contributed by atoms with Gasteiger partial charge in [0.1, 0.15) is 5.75 Å². The summed E-state index contributed by atoms with van der Waals surface area (Å²) < 4.78 is 64.8. The zero-order chi connectivity index (χ0) is 14.8. The second-order valence-electron chi connectivity index (χ2n) is 3.45. The van der Waals surface area contributed by atoms with Crippen molar-refractivity contribution in [1.82, 2.24) is 0 Å². The maximum Gasteiger partial charge on any atom is 0.573 e. The molecule has 1 aromatic carbocycles. The van der Waals surface area contributed by atoms with Crippen LogP contribution in [-0.4, -0.2) is 28.5 Å². The standard InChI is InChI=1S/C10H7F5O4/c11-9(12,8(17)18)7(16)5-1-3-6(4-2-5)19-10(13,14)15/h1-4,7,16H,(H,17,18). The van der Waals surface area contributed by atoms with Crippen molar-refractivity contribution in [2.75, 3.05) is 0 Å². The summed E-state index contributed by atoms with van der Waals surface area (Å²) in [5, 5.41) is 17.3. The number of alkyl halides is 5. The fraction of sp³-hybridized carbons (Fsp3) is 0.300. The van der Waals surface area contributed by atoms with Crippen molar-refractivity contribution in [2.45, 2.75) is 18.4 Å². The average Bonchev–Trinajstić information content (AvgIpc) is 2.26. The number of hydrogen-bond donors (Lipinski definition) is 2. The van der Waals surface area contributed by atoms with E-state index in [1.807, 2.05) is 0 Å². The Morgan fingerprint density at radius 3 is 1.95 bits per heavy atom. The minimum atomic E-state index is -4.94. The van der Waals surface area contributed by atoms with E-state index in [1.165, 1.54) is 0 Å². The minimum Gasteiger partial charge on any atom is -0.477 e. The van der Waals surface area contributed by atoms with Crippen molar-refractivity contribution in [3.05, 3.63) is 29.8 Å². The molecule has 2 N–H and O–H groups in total. The minimum absolute atomic E-state index is 0.554. The summed E-state index contributed by atoms with van der Waals surface area (Å²) in [5.74, 6) is -7.68. The monoisotopic (exact) mass is 286 g/mol. The van der Waals surface area contributed by atoms with Crippen LogP contribution < -0.4 is 4.74 Å². The number of hydrogen-bond acceptors (Lipinski definition) is 3. The highest BCUT2D eigenvalue weighted by Crippen LogP contribution is 2.33. The van der Waals surface area contributed by atoms with E-state index in [9.17, 15) is 26.7 Å². The maximum atomic E-state index is 12.9. The molecule has 1 atom stereocenters. The Morgan fingerprint density at radius 1 is 1.11 bits per heavy atom. The first-order valence-electron chi connectivity index (χ1n) is 4.69. The van der Waals surface area contributed by atoms with E-state index in [4.69, 9.17) is 10.2 Å². The molecular weight excluding hydrogens is 279 g/mol. The Balaban J connectivity index is 2.90. The van der Waals surface area contributed by atoms with Crippen molar-refractivity contribution in [3.63, 3.8) is 0 Å². The maximum absolute atomic E-state index is 12.9. The molecule has 1 aromatic rings. The zero-order valence-electron chi connectivity index (χ0n) is 8.99. The summed E-state index contributed by atoms with van der Waals surface area (Å²) in [4.78, 5) is 10.2. The molecule has 0 saturated carbocycles. The number of benzene rings is 1. The smallest absolute Gasteiger partial charge is 0.477 e. The fourth-order valence-electron chi connectivity index (χ4n) is 1.18. The second kappa shape index (κ2) is 5.00. The van der Waals surface area contributed by atoms with Gasteiger partial charge in [0.05, 0.1) is 0 Å². The van der Waals surface area contributed by atoms with Gasteiger partial charge < -0.3 is 14.9 Å². The molecule has 1 unspecified atom stereocenters. The van der Waals surface area contributed by atoms with E-state index in [-0.39, 0.29) is 0 Å². The number of aliphatic carboxylic acids is 1. The Morgan fingerprint density at radius 2 is 1.58 bits per heavy atom. The van der Waals surface area contributed by atoms with Crippen LogP contribution in [0.1, 0.15) is 11.7 Å². The first kappa shape index (κ1) is 15.2. The largest absolute Gasteiger partial charge is 0.573 e. The first-order chi connectivity index (χ1) is 8.54. The number of carbonyl (C=O) groups is 1. The lowest BCUT2D eigenvalue weighted by atomic mass is 10.0. The molecule has 1 rings (SSSR count). The van der Waals surface area contributed by atoms with Crippen molar-refractivity contribution in [1.29, 1.82) is 0 Å². The van der Waals surface area contributed by atoms with Gasteiger partial charge in [0.15, 0.2) is 6.10 Å². The highest BCUT2D eigenvalue weighted by Gasteiger charge is 2.47. The van der Waals surface area contributed by atoms with E-state index >= 15 is 0 Å². The molecule has 0 aromatic heterocycles. The summed E-state index contributed by atoms with van der Waals surface area (Å²) >= 11 is 0. The van der Waals surface area contributed by atoms with Gasteiger partial charge in [-0.05, 0) is 17.7 Å². The lowest BCUT2D eigenvalue weighted by Crippen LogP contribution is -2.35. The Labute approximate surface area is 103 Å². The molecule has 0 fully saturated rings. The van der Waals surface area contributed by atoms with Crippen molar-refractivity contribution in [2.24, 2.45) is 0 Å². The van der Waals surface area contributed by atoms with Gasteiger partial charge in [-0.2, -0.15) is 8.78 Å². The third-order valence-corrected chi connectivity index (χ3v) is 2.06. The molecule has 9 heteroatoms. The van der Waals surface area contributed by atoms with Gasteiger partial charge in [-0.3, -0.25) is 0 Å². The number of aliphatic hydroxyl groups is 1. The molecule has 0 bridgehead atoms. The third-order valence-electron chi connectivity index (χ3n) is 2.06. The van der Waals surface area contributed by atoms with Gasteiger partial charge in [-0.15, -0.1) is 13.2 Å². The molecule has 0 spiro atoms. The van der Waals surface area contributed by atoms with Gasteiger partial charge in [0, 0.05) is 0 Å². The van der Waals surface area contributed by atoms with Crippen LogP contribution >= 0.6 is 0 Å². The van der Waals surface area contributed by atoms with Crippen LogP contribution in [0, 0.1) is 0 Å². The molecule has 106 valence electrons. The van der Waals surface area contributed by atoms with Crippen LogP contribution in [0.2, 0.25) is 0 Å². The van der Waals surface area contributed by atoms with E-state index in [1.54, 1.807) is 0 Å². The molecule has 0 aliphatic rings. The van der Waals surface area contributed by atoms with Crippen LogP contribution in [-0.2, 0) is 4.79 Å². The number of aliphatic hydroxyl groups excluding tert-OH is 1. The van der Waals surface area contributed by atoms with E-state index < -0.39 is 35.7 Å². The van der Waals surface area contributed by atoms with Crippen LogP contribution in [0.3, 0.4) is 0 Å². The molecule has 0 aliphatic heterocycles. The Kier molecular flexibility index (Phi) is 3.99. The molecule has 0 aliphatic carbocycles. The second-order valence-corrected chi connectivity index (χ2v) is 3.45. The van der Waals surface area contributed by atoms with Gasteiger partial charge in [0.2, 0.25) is 0 Å². The molecule has 0 radical (unpaired) electrons. The zero-order valence-corrected chi connectivity index (χ0v) is 8.99. The summed E-state index contributed by atoms with van der Waals surface area (Å²) in [6, 6.07) is 2.79. The highest BCUT2D eigenvalue weighted by atomic mass is 19.4. The van der Waals surface area contributed by atoms with Gasteiger partial charge in [0.25, 0.3) is 0 Å². The lowest BCUT2D eigenvalue weighted by molar-refractivity contribution is -0.274. The van der Waals surface area contributed by atoms with Crippen LogP contribution in [0.4, 0.5) is 22.0 Å². The number of carboxylic acids is 1. The van der Waals surface area contributed by atoms with Gasteiger partial charge in [-0.1, -0.05) is 12.1 Å². The van der Waals surface area contributed by atoms with E-state index in [0.29, 0.717) is 24.3 Å². The number of rotatable bonds is 4. The molecule has 0 heterocycles. The summed E-state index contributed by atoms with van der Waals surface area (Å²) in [6.45, 7) is 0. The van der Waals surface area contributed by atoms with Crippen LogP contribution in [0.25, 0.3) is 0 Å². The summed E-state index contributed by atoms with van der Waals surface area (Å²) in [5.41, 5.74) is -0.554. The summed E-state index contributed by atoms with van der Waals surface area (Å²) in [6.07, 6.45) is -7.62. The van der Waals surface area contributed by atoms with Gasteiger partial charge >= 0.3 is 18.3 Å². The average molecular weight is 286 g/mol. The Bertz CT molecular complexity index is 454. The molecule has 0 amide bonds. The first-order valence-corrected chi connectivity index (χ1v) is 4.69. The Hall–Kier alpha value is -1.90. The van der Waals surface area contributed by atoms with Crippen LogP contribution in [0.5, 0.6) is 5.75 Å². The van der Waals surface area contributed by atoms with Crippen molar-refractivity contribution in [3.8, 4) is 5.75 Å². The molecule has 19 heavy (non-hydrogen) atoms. The van der Waals surface area contributed by atoms with Crippen LogP contribution in [0.15, 0.2) is 24.3 Å². The number of halogens is 5. The number of carboxylic acid groups (broad SMARTS) is 1.